The SMILES string of the molecule is CN=C(NCc1cc(OC)ccc1O)NC1CCN(Cc2ccc(OC)c(F)c2)CC1. The quantitative estimate of drug-likeness (QED) is 0.463. The standard InChI is InChI=1S/C23H31FN4O3/c1-25-23(26-14-17-13-19(30-2)5-6-21(17)29)27-18-8-10-28(11-9-18)15-16-4-7-22(31-3)20(24)12-16/h4-7,12-13,18,29H,8-11,14-15H2,1-3H3,(H2,25,26,27). The van der Waals surface area contributed by atoms with E-state index in [0.29, 0.717) is 24.3 Å². The van der Waals surface area contributed by atoms with Gasteiger partial charge in [-0.3, -0.25) is 9.89 Å². The monoisotopic (exact) mass is 430 g/mol. The van der Waals surface area contributed by atoms with Crippen LogP contribution in [0.2, 0.25) is 0 Å². The summed E-state index contributed by atoms with van der Waals surface area (Å²) in [5.74, 6) is 1.55. The number of likely N-dealkylation sites (tertiary alicyclic amines) is 1. The summed E-state index contributed by atoms with van der Waals surface area (Å²) in [7, 11) is 4.80. The van der Waals surface area contributed by atoms with Gasteiger partial charge in [0, 0.05) is 44.8 Å². The summed E-state index contributed by atoms with van der Waals surface area (Å²) in [6.07, 6.45) is 1.92. The third-order valence-corrected chi connectivity index (χ3v) is 5.51. The minimum Gasteiger partial charge on any atom is -0.508 e. The lowest BCUT2D eigenvalue weighted by molar-refractivity contribution is 0.198. The van der Waals surface area contributed by atoms with Gasteiger partial charge in [-0.25, -0.2) is 4.39 Å². The molecule has 0 amide bonds. The number of halogens is 1. The van der Waals surface area contributed by atoms with E-state index in [-0.39, 0.29) is 17.3 Å². The summed E-state index contributed by atoms with van der Waals surface area (Å²) in [5.41, 5.74) is 1.68. The van der Waals surface area contributed by atoms with Gasteiger partial charge in [-0.15, -0.1) is 0 Å². The number of phenols is 1. The van der Waals surface area contributed by atoms with Gasteiger partial charge < -0.3 is 25.2 Å². The maximum absolute atomic E-state index is 13.9. The Bertz CT molecular complexity index is 898. The van der Waals surface area contributed by atoms with Crippen molar-refractivity contribution < 1.29 is 19.0 Å². The van der Waals surface area contributed by atoms with E-state index in [1.807, 2.05) is 6.07 Å². The molecule has 0 bridgehead atoms. The van der Waals surface area contributed by atoms with Crippen molar-refractivity contribution >= 4 is 5.96 Å². The zero-order valence-electron chi connectivity index (χ0n) is 18.3. The molecule has 31 heavy (non-hydrogen) atoms. The molecule has 1 aliphatic rings. The molecule has 0 radical (unpaired) electrons. The minimum atomic E-state index is -0.325. The smallest absolute Gasteiger partial charge is 0.191 e. The number of rotatable bonds is 7. The second-order valence-corrected chi connectivity index (χ2v) is 7.58. The molecule has 3 N–H and O–H groups in total. The van der Waals surface area contributed by atoms with E-state index >= 15 is 0 Å². The van der Waals surface area contributed by atoms with Crippen LogP contribution in [0.4, 0.5) is 4.39 Å². The molecule has 1 fully saturated rings. The van der Waals surface area contributed by atoms with Crippen molar-refractivity contribution in [2.75, 3.05) is 34.4 Å². The Morgan fingerprint density at radius 1 is 1.16 bits per heavy atom. The Hall–Kier alpha value is -3.00. The Kier molecular flexibility index (Phi) is 7.94. The average Bonchev–Trinajstić information content (AvgIpc) is 2.79. The summed E-state index contributed by atoms with van der Waals surface area (Å²) in [6, 6.07) is 10.6. The topological polar surface area (TPSA) is 78.4 Å². The first-order chi connectivity index (χ1) is 15.0. The van der Waals surface area contributed by atoms with Crippen molar-refractivity contribution in [2.24, 2.45) is 4.99 Å². The predicted molar refractivity (Wildman–Crippen MR) is 119 cm³/mol. The first kappa shape index (κ1) is 22.7. The van der Waals surface area contributed by atoms with Crippen molar-refractivity contribution in [1.29, 1.82) is 0 Å². The van der Waals surface area contributed by atoms with E-state index in [0.717, 1.165) is 43.6 Å². The molecule has 0 atom stereocenters. The van der Waals surface area contributed by atoms with Crippen molar-refractivity contribution in [1.82, 2.24) is 15.5 Å². The third kappa shape index (κ3) is 6.24. The van der Waals surface area contributed by atoms with Gasteiger partial charge in [0.05, 0.1) is 14.2 Å². The van der Waals surface area contributed by atoms with Gasteiger partial charge in [0.1, 0.15) is 11.5 Å². The van der Waals surface area contributed by atoms with E-state index < -0.39 is 0 Å². The van der Waals surface area contributed by atoms with Crippen molar-refractivity contribution in [3.05, 3.63) is 53.3 Å². The minimum absolute atomic E-state index is 0.215. The van der Waals surface area contributed by atoms with Crippen molar-refractivity contribution in [3.8, 4) is 17.2 Å². The molecule has 2 aromatic carbocycles. The van der Waals surface area contributed by atoms with Crippen LogP contribution in [0.15, 0.2) is 41.4 Å². The lowest BCUT2D eigenvalue weighted by Gasteiger charge is -2.33. The number of methoxy groups -OCH3 is 2. The molecule has 0 aliphatic carbocycles. The number of hydrogen-bond donors (Lipinski definition) is 3. The van der Waals surface area contributed by atoms with Gasteiger partial charge >= 0.3 is 0 Å². The van der Waals surface area contributed by atoms with Crippen LogP contribution in [-0.2, 0) is 13.1 Å². The highest BCUT2D eigenvalue weighted by Crippen LogP contribution is 2.23. The fourth-order valence-electron chi connectivity index (χ4n) is 3.70. The summed E-state index contributed by atoms with van der Waals surface area (Å²) < 4.78 is 24.1. The fraction of sp³-hybridized carbons (Fsp3) is 0.435. The Morgan fingerprint density at radius 3 is 2.58 bits per heavy atom. The number of benzene rings is 2. The van der Waals surface area contributed by atoms with E-state index in [9.17, 15) is 9.50 Å². The van der Waals surface area contributed by atoms with Gasteiger partial charge in [-0.05, 0) is 48.7 Å². The first-order valence-electron chi connectivity index (χ1n) is 10.4. The van der Waals surface area contributed by atoms with Crippen LogP contribution in [-0.4, -0.2) is 56.4 Å². The van der Waals surface area contributed by atoms with Crippen LogP contribution in [0.25, 0.3) is 0 Å². The molecule has 168 valence electrons. The molecule has 8 heteroatoms. The number of aliphatic imine (C=N–C) groups is 1. The maximum atomic E-state index is 13.9. The van der Waals surface area contributed by atoms with Crippen LogP contribution in [0, 0.1) is 5.82 Å². The van der Waals surface area contributed by atoms with Gasteiger partial charge in [-0.1, -0.05) is 6.07 Å². The molecule has 2 aromatic rings. The second-order valence-electron chi connectivity index (χ2n) is 7.58. The lowest BCUT2D eigenvalue weighted by Crippen LogP contribution is -2.48. The average molecular weight is 431 g/mol. The van der Waals surface area contributed by atoms with E-state index in [1.165, 1.54) is 7.11 Å². The number of hydrogen-bond acceptors (Lipinski definition) is 5. The summed E-state index contributed by atoms with van der Waals surface area (Å²) in [5, 5.41) is 16.7. The highest BCUT2D eigenvalue weighted by atomic mass is 19.1. The predicted octanol–water partition coefficient (Wildman–Crippen LogP) is 2.88. The maximum Gasteiger partial charge on any atom is 0.191 e. The number of piperidine rings is 1. The highest BCUT2D eigenvalue weighted by molar-refractivity contribution is 5.80. The van der Waals surface area contributed by atoms with Crippen LogP contribution < -0.4 is 20.1 Å². The van der Waals surface area contributed by atoms with Crippen LogP contribution in [0.3, 0.4) is 0 Å². The molecule has 0 unspecified atom stereocenters. The van der Waals surface area contributed by atoms with Gasteiger partial charge in [0.25, 0.3) is 0 Å². The molecule has 3 rings (SSSR count). The Morgan fingerprint density at radius 2 is 1.94 bits per heavy atom. The molecule has 0 saturated carbocycles. The molecule has 0 aromatic heterocycles. The Balaban J connectivity index is 1.46. The van der Waals surface area contributed by atoms with E-state index in [4.69, 9.17) is 9.47 Å². The van der Waals surface area contributed by atoms with E-state index in [2.05, 4.69) is 20.5 Å². The van der Waals surface area contributed by atoms with Gasteiger partial charge in [0.15, 0.2) is 17.5 Å². The molecular formula is C23H31FN4O3. The van der Waals surface area contributed by atoms with Crippen LogP contribution in [0.1, 0.15) is 24.0 Å². The number of nitrogens with one attached hydrogen (secondary N) is 2. The van der Waals surface area contributed by atoms with Gasteiger partial charge in [0.2, 0.25) is 0 Å². The summed E-state index contributed by atoms with van der Waals surface area (Å²) >= 11 is 0. The molecule has 7 nitrogen and oxygen atoms in total. The number of ether oxygens (including phenoxy) is 2. The van der Waals surface area contributed by atoms with Crippen molar-refractivity contribution in [3.63, 3.8) is 0 Å². The largest absolute Gasteiger partial charge is 0.508 e. The highest BCUT2D eigenvalue weighted by Gasteiger charge is 2.20. The summed E-state index contributed by atoms with van der Waals surface area (Å²) in [4.78, 5) is 6.62. The Labute approximate surface area is 182 Å². The normalized spacial score (nSPS) is 15.5. The molecule has 1 heterocycles. The van der Waals surface area contributed by atoms with E-state index in [1.54, 1.807) is 44.5 Å². The zero-order chi connectivity index (χ0) is 22.2. The number of nitrogens with zero attached hydrogens (tertiary/aromatic N) is 2. The third-order valence-electron chi connectivity index (χ3n) is 5.51. The first-order valence-corrected chi connectivity index (χ1v) is 10.4. The van der Waals surface area contributed by atoms with Crippen LogP contribution in [0.5, 0.6) is 17.2 Å². The molecular weight excluding hydrogens is 399 g/mol. The molecule has 1 aliphatic heterocycles. The summed E-state index contributed by atoms with van der Waals surface area (Å²) in [6.45, 7) is 2.98. The number of guanidine groups is 1. The van der Waals surface area contributed by atoms with Gasteiger partial charge in [-0.2, -0.15) is 0 Å². The molecule has 1 saturated heterocycles. The second kappa shape index (κ2) is 10.9. The lowest BCUT2D eigenvalue weighted by atomic mass is 10.0. The number of aromatic hydroxyl groups is 1. The fourth-order valence-corrected chi connectivity index (χ4v) is 3.70. The van der Waals surface area contributed by atoms with Crippen molar-refractivity contribution in [2.45, 2.75) is 32.0 Å². The van der Waals surface area contributed by atoms with Crippen LogP contribution >= 0.6 is 0 Å². The zero-order valence-corrected chi connectivity index (χ0v) is 18.3. The number of phenolic OH excluding ortho intramolecular Hbond substituents is 1. The molecule has 0 spiro atoms.